The van der Waals surface area contributed by atoms with Crippen molar-refractivity contribution < 1.29 is 23.9 Å². The van der Waals surface area contributed by atoms with Gasteiger partial charge in [-0.2, -0.15) is 5.10 Å². The molecule has 2 unspecified atom stereocenters. The molecule has 0 radical (unpaired) electrons. The van der Waals surface area contributed by atoms with E-state index in [4.69, 9.17) is 17.3 Å². The summed E-state index contributed by atoms with van der Waals surface area (Å²) in [5, 5.41) is 21.4. The minimum Gasteiger partial charge on any atom is -0.364 e. The molecule has 2 fully saturated rings. The van der Waals surface area contributed by atoms with E-state index in [1.807, 2.05) is 19.0 Å². The van der Waals surface area contributed by atoms with Crippen molar-refractivity contribution in [3.8, 4) is 0 Å². The van der Waals surface area contributed by atoms with Gasteiger partial charge in [-0.25, -0.2) is 4.39 Å². The number of aliphatic hydroxyl groups excluding tert-OH is 1. The van der Waals surface area contributed by atoms with Gasteiger partial charge < -0.3 is 31.3 Å². The van der Waals surface area contributed by atoms with E-state index in [1.165, 1.54) is 21.7 Å². The van der Waals surface area contributed by atoms with E-state index in [9.17, 15) is 23.9 Å². The maximum atomic E-state index is 14.2. The van der Waals surface area contributed by atoms with Crippen LogP contribution in [0.1, 0.15) is 41.7 Å². The molecule has 1 aromatic heterocycles. The lowest BCUT2D eigenvalue weighted by Crippen LogP contribution is -2.51. The largest absolute Gasteiger partial charge is 0.364 e. The SMILES string of the molecule is CN(C)C1CCCN(C(O)Nc2ccc3c(c2)c(C(N)=O)nn3CC(=O)N(CC(=O)NCc2cccc(Cl)c2F)C2CC2)C1. The second-order valence-corrected chi connectivity index (χ2v) is 12.0. The Labute approximate surface area is 259 Å². The third-order valence-electron chi connectivity index (χ3n) is 8.20. The molecule has 1 saturated heterocycles. The number of primary amides is 1. The Bertz CT molecular complexity index is 1540. The second-order valence-electron chi connectivity index (χ2n) is 11.6. The van der Waals surface area contributed by atoms with E-state index in [0.717, 1.165) is 32.2 Å². The second kappa shape index (κ2) is 13.5. The first-order valence-corrected chi connectivity index (χ1v) is 15.0. The Morgan fingerprint density at radius 3 is 2.66 bits per heavy atom. The number of nitrogens with one attached hydrogen (secondary N) is 2. The van der Waals surface area contributed by atoms with Gasteiger partial charge in [0.1, 0.15) is 12.4 Å². The number of carbonyl (C=O) groups excluding carboxylic acids is 3. The van der Waals surface area contributed by atoms with Crippen LogP contribution < -0.4 is 16.4 Å². The first kappa shape index (κ1) is 31.6. The number of amides is 3. The zero-order valence-corrected chi connectivity index (χ0v) is 25.6. The molecule has 1 aliphatic carbocycles. The number of halogens is 2. The third-order valence-corrected chi connectivity index (χ3v) is 8.49. The van der Waals surface area contributed by atoms with Crippen molar-refractivity contribution in [1.29, 1.82) is 0 Å². The Kier molecular flexibility index (Phi) is 9.68. The topological polar surface area (TPSA) is 149 Å². The minimum atomic E-state index is -0.933. The van der Waals surface area contributed by atoms with Crippen LogP contribution in [0, 0.1) is 5.82 Å². The van der Waals surface area contributed by atoms with Gasteiger partial charge in [-0.05, 0) is 64.0 Å². The Balaban J connectivity index is 1.27. The molecule has 14 heteroatoms. The molecule has 236 valence electrons. The van der Waals surface area contributed by atoms with Crippen molar-refractivity contribution in [2.75, 3.05) is 39.0 Å². The summed E-state index contributed by atoms with van der Waals surface area (Å²) in [4.78, 5) is 44.1. The zero-order chi connectivity index (χ0) is 31.5. The molecule has 0 bridgehead atoms. The van der Waals surface area contributed by atoms with Gasteiger partial charge in [-0.1, -0.05) is 23.7 Å². The summed E-state index contributed by atoms with van der Waals surface area (Å²) in [6.45, 7) is 0.975. The number of benzene rings is 2. The number of hydrogen-bond donors (Lipinski definition) is 4. The van der Waals surface area contributed by atoms with Gasteiger partial charge in [0.25, 0.3) is 5.91 Å². The molecule has 2 atom stereocenters. The smallest absolute Gasteiger partial charge is 0.269 e. The van der Waals surface area contributed by atoms with Crippen LogP contribution in [0.4, 0.5) is 10.1 Å². The van der Waals surface area contributed by atoms with Crippen LogP contribution in [0.25, 0.3) is 10.9 Å². The van der Waals surface area contributed by atoms with Crippen molar-refractivity contribution in [2.45, 2.75) is 57.2 Å². The summed E-state index contributed by atoms with van der Waals surface area (Å²) in [6.07, 6.45) is 2.62. The molecular formula is C30H38ClFN8O4. The number of aliphatic hydroxyl groups is 1. The van der Waals surface area contributed by atoms with Crippen molar-refractivity contribution in [1.82, 2.24) is 29.8 Å². The molecular weight excluding hydrogens is 591 g/mol. The molecule has 1 saturated carbocycles. The van der Waals surface area contributed by atoms with Crippen LogP contribution >= 0.6 is 11.6 Å². The lowest BCUT2D eigenvalue weighted by Gasteiger charge is -2.38. The fraction of sp³-hybridized carbons (Fsp3) is 0.467. The van der Waals surface area contributed by atoms with Gasteiger partial charge in [-0.15, -0.1) is 0 Å². The van der Waals surface area contributed by atoms with Gasteiger partial charge in [0.15, 0.2) is 12.0 Å². The van der Waals surface area contributed by atoms with Gasteiger partial charge in [0.2, 0.25) is 11.8 Å². The summed E-state index contributed by atoms with van der Waals surface area (Å²) < 4.78 is 15.6. The van der Waals surface area contributed by atoms with Crippen LogP contribution in [-0.4, -0.2) is 99.5 Å². The minimum absolute atomic E-state index is 0.00384. The number of fused-ring (bicyclic) bond motifs is 1. The molecule has 3 amide bonds. The Hall–Kier alpha value is -3.78. The van der Waals surface area contributed by atoms with E-state index in [2.05, 4.69) is 20.6 Å². The zero-order valence-electron chi connectivity index (χ0n) is 24.8. The molecule has 2 aromatic carbocycles. The summed E-state index contributed by atoms with van der Waals surface area (Å²) in [5.74, 6) is -2.14. The quantitative estimate of drug-likeness (QED) is 0.223. The van der Waals surface area contributed by atoms with E-state index in [-0.39, 0.29) is 47.9 Å². The van der Waals surface area contributed by atoms with Crippen LogP contribution in [0.15, 0.2) is 36.4 Å². The fourth-order valence-electron chi connectivity index (χ4n) is 5.55. The number of carbonyl (C=O) groups is 3. The van der Waals surface area contributed by atoms with Gasteiger partial charge in [0.05, 0.1) is 17.1 Å². The van der Waals surface area contributed by atoms with Crippen molar-refractivity contribution in [3.63, 3.8) is 0 Å². The maximum Gasteiger partial charge on any atom is 0.269 e. The molecule has 5 N–H and O–H groups in total. The molecule has 0 spiro atoms. The number of rotatable bonds is 12. The number of anilines is 1. The number of aromatic nitrogens is 2. The van der Waals surface area contributed by atoms with E-state index in [1.54, 1.807) is 24.3 Å². The molecule has 44 heavy (non-hydrogen) atoms. The monoisotopic (exact) mass is 628 g/mol. The first-order chi connectivity index (χ1) is 21.0. The highest BCUT2D eigenvalue weighted by atomic mass is 35.5. The number of piperidine rings is 1. The Morgan fingerprint density at radius 1 is 1.18 bits per heavy atom. The van der Waals surface area contributed by atoms with Crippen molar-refractivity contribution in [2.24, 2.45) is 5.73 Å². The number of likely N-dealkylation sites (tertiary alicyclic amines) is 1. The lowest BCUT2D eigenvalue weighted by molar-refractivity contribution is -0.137. The van der Waals surface area contributed by atoms with E-state index >= 15 is 0 Å². The third kappa shape index (κ3) is 7.29. The molecule has 2 aliphatic rings. The van der Waals surface area contributed by atoms with E-state index < -0.39 is 24.0 Å². The summed E-state index contributed by atoms with van der Waals surface area (Å²) in [7, 11) is 4.05. The molecule has 1 aliphatic heterocycles. The summed E-state index contributed by atoms with van der Waals surface area (Å²) in [6, 6.07) is 9.94. The van der Waals surface area contributed by atoms with Gasteiger partial charge >= 0.3 is 0 Å². The average molecular weight is 629 g/mol. The number of likely N-dealkylation sites (N-methyl/N-ethyl adjacent to an activating group) is 1. The van der Waals surface area contributed by atoms with Gasteiger partial charge in [0, 0.05) is 48.4 Å². The first-order valence-electron chi connectivity index (χ1n) is 14.7. The number of nitrogens with zero attached hydrogens (tertiary/aromatic N) is 5. The van der Waals surface area contributed by atoms with Gasteiger partial charge in [-0.3, -0.25) is 24.0 Å². The standard InChI is InChI=1S/C30H38ClFN8O4/c1-37(2)21-6-4-12-38(15-21)30(44)35-19-8-11-24-22(13-19)28(29(33)43)36-40(24)17-26(42)39(20-9-10-20)16-25(41)34-14-18-5-3-7-23(31)27(18)32/h3,5,7-8,11,13,20-21,30,35,44H,4,6,9-10,12,14-17H2,1-2H3,(H2,33,43)(H,34,41). The maximum absolute atomic E-state index is 14.2. The highest BCUT2D eigenvalue weighted by molar-refractivity contribution is 6.30. The normalized spacial score (nSPS) is 17.9. The highest BCUT2D eigenvalue weighted by Crippen LogP contribution is 2.28. The highest BCUT2D eigenvalue weighted by Gasteiger charge is 2.34. The molecule has 3 aromatic rings. The number of hydrogen-bond acceptors (Lipinski definition) is 8. The lowest BCUT2D eigenvalue weighted by atomic mass is 10.1. The molecule has 2 heterocycles. The predicted octanol–water partition coefficient (Wildman–Crippen LogP) is 1.95. The van der Waals surface area contributed by atoms with E-state index in [0.29, 0.717) is 29.2 Å². The average Bonchev–Trinajstić information content (AvgIpc) is 3.78. The number of nitrogens with two attached hydrogens (primary N) is 1. The van der Waals surface area contributed by atoms with Crippen molar-refractivity contribution in [3.05, 3.63) is 58.5 Å². The van der Waals surface area contributed by atoms with Crippen molar-refractivity contribution >= 4 is 45.9 Å². The fourth-order valence-corrected chi connectivity index (χ4v) is 5.75. The van der Waals surface area contributed by atoms with Crippen LogP contribution in [0.2, 0.25) is 5.02 Å². The summed E-state index contributed by atoms with van der Waals surface area (Å²) in [5.41, 5.74) is 6.96. The summed E-state index contributed by atoms with van der Waals surface area (Å²) >= 11 is 5.83. The molecule has 12 nitrogen and oxygen atoms in total. The predicted molar refractivity (Wildman–Crippen MR) is 164 cm³/mol. The van der Waals surface area contributed by atoms with Crippen LogP contribution in [-0.2, 0) is 22.7 Å². The molecule has 5 rings (SSSR count). The van der Waals surface area contributed by atoms with Crippen LogP contribution in [0.3, 0.4) is 0 Å². The van der Waals surface area contributed by atoms with Crippen LogP contribution in [0.5, 0.6) is 0 Å². The Morgan fingerprint density at radius 2 is 1.95 bits per heavy atom.